The molecule has 0 aromatic heterocycles. The van der Waals surface area contributed by atoms with Crippen molar-refractivity contribution in [1.82, 2.24) is 5.32 Å². The summed E-state index contributed by atoms with van der Waals surface area (Å²) in [6.45, 7) is 5.13. The van der Waals surface area contributed by atoms with Gasteiger partial charge in [-0.25, -0.2) is 4.79 Å². The molecule has 0 saturated carbocycles. The summed E-state index contributed by atoms with van der Waals surface area (Å²) in [5.41, 5.74) is -0.779. The number of esters is 1. The van der Waals surface area contributed by atoms with Crippen LogP contribution in [0.15, 0.2) is 9.81 Å². The van der Waals surface area contributed by atoms with Crippen LogP contribution in [0.1, 0.15) is 20.8 Å². The lowest BCUT2D eigenvalue weighted by Crippen LogP contribution is -2.33. The second kappa shape index (κ2) is 6.19. The van der Waals surface area contributed by atoms with Gasteiger partial charge in [-0.15, -0.1) is 0 Å². The molecule has 0 spiro atoms. The lowest BCUT2D eigenvalue weighted by molar-refractivity contribution is -0.150. The Hall–Kier alpha value is -0.660. The van der Waals surface area contributed by atoms with Gasteiger partial charge in [0, 0.05) is 7.05 Å². The number of ether oxygens (including phenoxy) is 1. The van der Waals surface area contributed by atoms with Gasteiger partial charge in [-0.05, 0) is 32.4 Å². The summed E-state index contributed by atoms with van der Waals surface area (Å²) in [7, 11) is 1.42. The predicted octanol–water partition coefficient (Wildman–Crippen LogP) is 1.86. The number of rotatable bonds is 3. The first-order valence-electron chi connectivity index (χ1n) is 5.38. The zero-order valence-electron chi connectivity index (χ0n) is 10.9. The molecule has 19 heavy (non-hydrogen) atoms. The third-order valence-electron chi connectivity index (χ3n) is 1.87. The van der Waals surface area contributed by atoms with Gasteiger partial charge in [0.2, 0.25) is 5.24 Å². The van der Waals surface area contributed by atoms with Crippen molar-refractivity contribution in [3.8, 4) is 0 Å². The Morgan fingerprint density at radius 3 is 2.16 bits per heavy atom. The largest absolute Gasteiger partial charge is 0.456 e. The molecule has 1 fully saturated rings. The van der Waals surface area contributed by atoms with Crippen molar-refractivity contribution in [2.75, 3.05) is 7.05 Å². The maximum Gasteiger partial charge on any atom is 0.345 e. The van der Waals surface area contributed by atoms with Crippen LogP contribution in [0.2, 0.25) is 0 Å². The molecule has 106 valence electrons. The molecule has 0 unspecified atom stereocenters. The number of halogens is 1. The lowest BCUT2D eigenvalue weighted by atomic mass is 10.2. The molecule has 0 aromatic rings. The first-order chi connectivity index (χ1) is 8.65. The van der Waals surface area contributed by atoms with Gasteiger partial charge in [0.15, 0.2) is 0 Å². The maximum absolute atomic E-state index is 12.0. The minimum absolute atomic E-state index is 0.0819. The quantitative estimate of drug-likeness (QED) is 0.281. The second-order valence-electron chi connectivity index (χ2n) is 4.62. The number of carbonyl (C=O) groups is 3. The van der Waals surface area contributed by atoms with Crippen LogP contribution in [0.3, 0.4) is 0 Å². The number of hydrogen-bond donors (Lipinski definition) is 1. The van der Waals surface area contributed by atoms with Crippen LogP contribution < -0.4 is 5.32 Å². The molecule has 0 bridgehead atoms. The molecule has 0 radical (unpaired) electrons. The van der Waals surface area contributed by atoms with Crippen molar-refractivity contribution in [2.24, 2.45) is 0 Å². The predicted molar refractivity (Wildman–Crippen MR) is 76.8 cm³/mol. The second-order valence-corrected chi connectivity index (χ2v) is 7.78. The van der Waals surface area contributed by atoms with E-state index in [0.717, 1.165) is 23.5 Å². The molecule has 0 aliphatic carbocycles. The van der Waals surface area contributed by atoms with Crippen LogP contribution in [0.25, 0.3) is 0 Å². The van der Waals surface area contributed by atoms with E-state index < -0.39 is 27.3 Å². The minimum atomic E-state index is -0.706. The summed E-state index contributed by atoms with van der Waals surface area (Å²) in [4.78, 5) is 34.6. The van der Waals surface area contributed by atoms with Gasteiger partial charge in [-0.1, -0.05) is 23.5 Å². The number of amides is 1. The normalized spacial score (nSPS) is 18.4. The highest BCUT2D eigenvalue weighted by molar-refractivity contribution is 8.39. The zero-order chi connectivity index (χ0) is 14.8. The monoisotopic (exact) mass is 323 g/mol. The Bertz CT molecular complexity index is 448. The van der Waals surface area contributed by atoms with Gasteiger partial charge in [-0.2, -0.15) is 0 Å². The lowest BCUT2D eigenvalue weighted by Gasteiger charge is -2.27. The van der Waals surface area contributed by atoms with Gasteiger partial charge in [0.05, 0.1) is 4.24 Å². The molecule has 1 amide bonds. The first kappa shape index (κ1) is 16.4. The van der Waals surface area contributed by atoms with Crippen LogP contribution >= 0.6 is 35.1 Å². The molecule has 1 N–H and O–H groups in total. The number of hydrogen-bond acceptors (Lipinski definition) is 6. The van der Waals surface area contributed by atoms with Gasteiger partial charge >= 0.3 is 5.97 Å². The van der Waals surface area contributed by atoms with Gasteiger partial charge in [0.1, 0.15) is 15.8 Å². The Morgan fingerprint density at radius 1 is 1.26 bits per heavy atom. The molecule has 1 heterocycles. The van der Waals surface area contributed by atoms with Gasteiger partial charge in [-0.3, -0.25) is 9.59 Å². The van der Waals surface area contributed by atoms with E-state index in [1.54, 1.807) is 20.8 Å². The van der Waals surface area contributed by atoms with Gasteiger partial charge < -0.3 is 10.1 Å². The minimum Gasteiger partial charge on any atom is -0.456 e. The molecule has 1 rings (SSSR count). The van der Waals surface area contributed by atoms with E-state index in [1.807, 2.05) is 0 Å². The summed E-state index contributed by atoms with van der Waals surface area (Å²) >= 11 is 7.50. The highest BCUT2D eigenvalue weighted by Gasteiger charge is 2.38. The fourth-order valence-electron chi connectivity index (χ4n) is 1.14. The van der Waals surface area contributed by atoms with Crippen LogP contribution in [0.4, 0.5) is 0 Å². The molecule has 1 aliphatic rings. The molecular formula is C11H14ClNO4S2. The van der Waals surface area contributed by atoms with E-state index in [0.29, 0.717) is 4.24 Å². The van der Waals surface area contributed by atoms with Crippen molar-refractivity contribution in [1.29, 1.82) is 0 Å². The van der Waals surface area contributed by atoms with Gasteiger partial charge in [0.25, 0.3) is 5.91 Å². The zero-order valence-corrected chi connectivity index (χ0v) is 13.3. The number of thioether (sulfide) groups is 2. The van der Waals surface area contributed by atoms with Crippen molar-refractivity contribution in [3.05, 3.63) is 9.81 Å². The Morgan fingerprint density at radius 2 is 1.79 bits per heavy atom. The molecular weight excluding hydrogens is 310 g/mol. The third-order valence-corrected chi connectivity index (χ3v) is 5.20. The fraction of sp³-hybridized carbons (Fsp3) is 0.545. The summed E-state index contributed by atoms with van der Waals surface area (Å²) in [6.07, 6.45) is 0. The van der Waals surface area contributed by atoms with Crippen LogP contribution in [-0.2, 0) is 19.1 Å². The molecule has 1 saturated heterocycles. The first-order valence-corrected chi connectivity index (χ1v) is 7.52. The molecule has 5 nitrogen and oxygen atoms in total. The van der Waals surface area contributed by atoms with E-state index in [1.165, 1.54) is 7.05 Å². The fourth-order valence-corrected chi connectivity index (χ4v) is 3.45. The standard InChI is InChI=1S/C11H14ClNO4S2/c1-11(2,3)17-8(16)5(7(15)13-4)9-18-10(19-9)6(12)14/h10H,1-4H3,(H,13,15). The van der Waals surface area contributed by atoms with Crippen LogP contribution in [-0.4, -0.2) is 34.3 Å². The van der Waals surface area contributed by atoms with E-state index in [2.05, 4.69) is 5.32 Å². The SMILES string of the molecule is CNC(=O)C(C(=O)OC(C)(C)C)=C1SC(C(=O)Cl)S1. The van der Waals surface area contributed by atoms with Crippen molar-refractivity contribution >= 4 is 52.2 Å². The smallest absolute Gasteiger partial charge is 0.345 e. The van der Waals surface area contributed by atoms with Crippen LogP contribution in [0, 0.1) is 0 Å². The summed E-state index contributed by atoms with van der Waals surface area (Å²) in [5, 5.41) is 1.87. The van der Waals surface area contributed by atoms with E-state index in [-0.39, 0.29) is 5.57 Å². The summed E-state index contributed by atoms with van der Waals surface area (Å²) in [6, 6.07) is 0. The number of nitrogens with one attached hydrogen (secondary N) is 1. The Kier molecular flexibility index (Phi) is 5.34. The number of likely N-dealkylation sites (N-methyl/N-ethyl adjacent to an activating group) is 1. The van der Waals surface area contributed by atoms with E-state index in [4.69, 9.17) is 16.3 Å². The summed E-state index contributed by atoms with van der Waals surface area (Å²) < 4.78 is 5.15. The van der Waals surface area contributed by atoms with Crippen LogP contribution in [0.5, 0.6) is 0 Å². The Labute approximate surface area is 124 Å². The average molecular weight is 324 g/mol. The topological polar surface area (TPSA) is 72.5 Å². The molecule has 0 aromatic carbocycles. The highest BCUT2D eigenvalue weighted by Crippen LogP contribution is 2.53. The Balaban J connectivity index is 2.92. The van der Waals surface area contributed by atoms with E-state index >= 15 is 0 Å². The van der Waals surface area contributed by atoms with Crippen molar-refractivity contribution in [3.63, 3.8) is 0 Å². The average Bonchev–Trinajstić information content (AvgIpc) is 2.17. The third kappa shape index (κ3) is 4.43. The molecule has 1 aliphatic heterocycles. The molecule has 0 atom stereocenters. The highest BCUT2D eigenvalue weighted by atomic mass is 35.5. The molecule has 8 heteroatoms. The van der Waals surface area contributed by atoms with E-state index in [9.17, 15) is 14.4 Å². The van der Waals surface area contributed by atoms with Crippen molar-refractivity contribution in [2.45, 2.75) is 31.0 Å². The maximum atomic E-state index is 12.0. The number of carbonyl (C=O) groups excluding carboxylic acids is 3. The summed E-state index contributed by atoms with van der Waals surface area (Å²) in [5.74, 6) is -1.24. The van der Waals surface area contributed by atoms with Crippen molar-refractivity contribution < 1.29 is 19.1 Å².